The summed E-state index contributed by atoms with van der Waals surface area (Å²) in [6.07, 6.45) is 3.44. The van der Waals surface area contributed by atoms with Gasteiger partial charge in [-0.15, -0.1) is 0 Å². The number of carbonyl (C=O) groups excluding carboxylic acids is 1. The number of fused-ring (bicyclic) bond motifs is 1. The predicted octanol–water partition coefficient (Wildman–Crippen LogP) is 5.25. The molecule has 0 spiro atoms. The van der Waals surface area contributed by atoms with E-state index in [9.17, 15) is 4.79 Å². The van der Waals surface area contributed by atoms with Gasteiger partial charge in [-0.3, -0.25) is 0 Å². The Labute approximate surface area is 195 Å². The Bertz CT molecular complexity index is 1130. The highest BCUT2D eigenvalue weighted by molar-refractivity contribution is 9.10. The summed E-state index contributed by atoms with van der Waals surface area (Å²) in [5.41, 5.74) is 2.88. The molecule has 0 radical (unpaired) electrons. The fourth-order valence-corrected chi connectivity index (χ4v) is 4.01. The van der Waals surface area contributed by atoms with E-state index in [1.807, 2.05) is 55.5 Å². The molecule has 2 heterocycles. The average Bonchev–Trinajstić information content (AvgIpc) is 3.26. The first-order valence-electron chi connectivity index (χ1n) is 10.6. The molecule has 32 heavy (non-hydrogen) atoms. The maximum absolute atomic E-state index is 13.3. The molecule has 1 unspecified atom stereocenters. The number of rotatable bonds is 8. The fraction of sp³-hybridized carbons (Fsp3) is 0.292. The summed E-state index contributed by atoms with van der Waals surface area (Å²) in [5.74, 6) is 0.854. The van der Waals surface area contributed by atoms with Crippen LogP contribution in [0.2, 0.25) is 0 Å². The van der Waals surface area contributed by atoms with Gasteiger partial charge in [0.25, 0.3) is 0 Å². The third kappa shape index (κ3) is 4.70. The van der Waals surface area contributed by atoms with E-state index in [1.54, 1.807) is 4.68 Å². The molecule has 3 aromatic rings. The number of halogens is 1. The van der Waals surface area contributed by atoms with E-state index in [0.717, 1.165) is 28.4 Å². The average molecular weight is 497 g/mol. The maximum Gasteiger partial charge on any atom is 0.338 e. The van der Waals surface area contributed by atoms with Crippen molar-refractivity contribution < 1.29 is 14.3 Å². The van der Waals surface area contributed by atoms with Crippen molar-refractivity contribution in [1.82, 2.24) is 14.8 Å². The van der Waals surface area contributed by atoms with Gasteiger partial charge in [-0.05, 0) is 37.1 Å². The summed E-state index contributed by atoms with van der Waals surface area (Å²) in [7, 11) is 0. The quantitative estimate of drug-likeness (QED) is 0.338. The Morgan fingerprint density at radius 2 is 2.03 bits per heavy atom. The first-order valence-corrected chi connectivity index (χ1v) is 11.4. The minimum absolute atomic E-state index is 0.186. The Hall–Kier alpha value is -3.13. The molecule has 1 N–H and O–H groups in total. The number of ether oxygens (including phenoxy) is 2. The van der Waals surface area contributed by atoms with E-state index < -0.39 is 12.0 Å². The summed E-state index contributed by atoms with van der Waals surface area (Å²) >= 11 is 3.56. The molecule has 0 saturated heterocycles. The van der Waals surface area contributed by atoms with E-state index >= 15 is 0 Å². The molecule has 2 aromatic carbocycles. The zero-order valence-electron chi connectivity index (χ0n) is 18.0. The van der Waals surface area contributed by atoms with E-state index in [2.05, 4.69) is 38.3 Å². The Balaban J connectivity index is 1.71. The van der Waals surface area contributed by atoms with Crippen LogP contribution < -0.4 is 10.1 Å². The highest BCUT2D eigenvalue weighted by atomic mass is 79.9. The largest absolute Gasteiger partial charge is 0.493 e. The zero-order valence-corrected chi connectivity index (χ0v) is 19.6. The fourth-order valence-electron chi connectivity index (χ4n) is 3.63. The van der Waals surface area contributed by atoms with Crippen molar-refractivity contribution in [3.8, 4) is 5.75 Å². The van der Waals surface area contributed by atoms with Gasteiger partial charge in [-0.25, -0.2) is 9.48 Å². The van der Waals surface area contributed by atoms with Crippen molar-refractivity contribution >= 4 is 27.8 Å². The lowest BCUT2D eigenvalue weighted by atomic mass is 9.95. The van der Waals surface area contributed by atoms with Crippen LogP contribution in [0.4, 0.5) is 5.95 Å². The molecule has 4 rings (SSSR count). The molecular weight excluding hydrogens is 472 g/mol. The third-order valence-corrected chi connectivity index (χ3v) is 5.74. The number of esters is 1. The van der Waals surface area contributed by atoms with Gasteiger partial charge in [-0.1, -0.05) is 59.6 Å². The Kier molecular flexibility index (Phi) is 6.90. The summed E-state index contributed by atoms with van der Waals surface area (Å²) in [5, 5.41) is 7.57. The molecule has 166 valence electrons. The molecule has 0 aliphatic carbocycles. The number of nitrogens with zero attached hydrogens (tertiary/aromatic N) is 3. The molecule has 7 nitrogen and oxygen atoms in total. The van der Waals surface area contributed by atoms with Crippen molar-refractivity contribution in [2.24, 2.45) is 0 Å². The number of benzene rings is 2. The lowest BCUT2D eigenvalue weighted by Crippen LogP contribution is -2.30. The molecule has 1 aliphatic rings. The number of anilines is 1. The van der Waals surface area contributed by atoms with Crippen LogP contribution in [0.1, 0.15) is 43.9 Å². The Morgan fingerprint density at radius 3 is 2.81 bits per heavy atom. The van der Waals surface area contributed by atoms with Gasteiger partial charge in [0.05, 0.1) is 12.2 Å². The van der Waals surface area contributed by atoms with Crippen LogP contribution in [0, 0.1) is 0 Å². The summed E-state index contributed by atoms with van der Waals surface area (Å²) in [6, 6.07) is 14.9. The number of carbonyl (C=O) groups is 1. The number of aromatic nitrogens is 3. The molecule has 0 amide bonds. The van der Waals surface area contributed by atoms with Crippen molar-refractivity contribution in [3.05, 3.63) is 81.7 Å². The number of nitrogens with one attached hydrogen (secondary N) is 1. The van der Waals surface area contributed by atoms with Crippen LogP contribution in [0.15, 0.2) is 70.6 Å². The molecule has 1 atom stereocenters. The zero-order chi connectivity index (χ0) is 22.5. The first-order chi connectivity index (χ1) is 15.6. The van der Waals surface area contributed by atoms with E-state index in [-0.39, 0.29) is 6.61 Å². The highest BCUT2D eigenvalue weighted by Crippen LogP contribution is 2.40. The van der Waals surface area contributed by atoms with E-state index in [0.29, 0.717) is 29.6 Å². The van der Waals surface area contributed by atoms with E-state index in [1.165, 1.54) is 6.33 Å². The van der Waals surface area contributed by atoms with Crippen molar-refractivity contribution in [2.45, 2.75) is 39.3 Å². The number of allylic oxidation sites excluding steroid dienone is 1. The second-order valence-electron chi connectivity index (χ2n) is 7.54. The lowest BCUT2D eigenvalue weighted by molar-refractivity contribution is -0.140. The second-order valence-corrected chi connectivity index (χ2v) is 8.46. The predicted molar refractivity (Wildman–Crippen MR) is 125 cm³/mol. The van der Waals surface area contributed by atoms with Gasteiger partial charge < -0.3 is 14.8 Å². The van der Waals surface area contributed by atoms with Crippen LogP contribution in [0.5, 0.6) is 5.75 Å². The van der Waals surface area contributed by atoms with Gasteiger partial charge >= 0.3 is 5.97 Å². The first kappa shape index (κ1) is 22.1. The highest BCUT2D eigenvalue weighted by Gasteiger charge is 2.36. The molecular formula is C24H25BrN4O3. The molecule has 1 aliphatic heterocycles. The minimum atomic E-state index is -0.536. The van der Waals surface area contributed by atoms with Crippen LogP contribution in [0.25, 0.3) is 0 Å². The van der Waals surface area contributed by atoms with Crippen molar-refractivity contribution in [3.63, 3.8) is 0 Å². The number of hydrogen-bond donors (Lipinski definition) is 1. The smallest absolute Gasteiger partial charge is 0.338 e. The van der Waals surface area contributed by atoms with Crippen LogP contribution in [-0.2, 0) is 16.1 Å². The standard InChI is InChI=1S/C24H25BrN4O3/c1-3-4-12-31-20-11-10-18(25)13-19(20)22-21(16(2)28-24-26-15-27-29(22)24)23(30)32-14-17-8-6-5-7-9-17/h5-11,13,15,22H,3-4,12,14H2,1-2H3,(H,26,27,28). The van der Waals surface area contributed by atoms with Crippen LogP contribution >= 0.6 is 15.9 Å². The Morgan fingerprint density at radius 1 is 1.22 bits per heavy atom. The van der Waals surface area contributed by atoms with E-state index in [4.69, 9.17) is 9.47 Å². The van der Waals surface area contributed by atoms with Gasteiger partial charge in [0.1, 0.15) is 24.7 Å². The summed E-state index contributed by atoms with van der Waals surface area (Å²) in [6.45, 7) is 4.75. The van der Waals surface area contributed by atoms with Crippen molar-refractivity contribution in [1.29, 1.82) is 0 Å². The van der Waals surface area contributed by atoms with Crippen molar-refractivity contribution in [2.75, 3.05) is 11.9 Å². The molecule has 8 heteroatoms. The monoisotopic (exact) mass is 496 g/mol. The maximum atomic E-state index is 13.3. The molecule has 1 aromatic heterocycles. The van der Waals surface area contributed by atoms with Crippen LogP contribution in [-0.4, -0.2) is 27.3 Å². The summed E-state index contributed by atoms with van der Waals surface area (Å²) in [4.78, 5) is 17.6. The lowest BCUT2D eigenvalue weighted by Gasteiger charge is -2.29. The molecule has 0 saturated carbocycles. The SMILES string of the molecule is CCCCOc1ccc(Br)cc1C1C(C(=O)OCc2ccccc2)=C(C)Nc2ncnn21. The number of unbranched alkanes of at least 4 members (excludes halogenated alkanes) is 1. The normalized spacial score (nSPS) is 15.2. The second kappa shape index (κ2) is 9.99. The van der Waals surface area contributed by atoms with Gasteiger partial charge in [0.15, 0.2) is 0 Å². The molecule has 0 bridgehead atoms. The van der Waals surface area contributed by atoms with Gasteiger partial charge in [0, 0.05) is 15.7 Å². The molecule has 0 fully saturated rings. The van der Waals surface area contributed by atoms with Crippen LogP contribution in [0.3, 0.4) is 0 Å². The topological polar surface area (TPSA) is 78.3 Å². The minimum Gasteiger partial charge on any atom is -0.493 e. The van der Waals surface area contributed by atoms with Gasteiger partial charge in [-0.2, -0.15) is 10.1 Å². The summed E-state index contributed by atoms with van der Waals surface area (Å²) < 4.78 is 14.4. The van der Waals surface area contributed by atoms with Gasteiger partial charge in [0.2, 0.25) is 5.95 Å². The number of hydrogen-bond acceptors (Lipinski definition) is 6. The third-order valence-electron chi connectivity index (χ3n) is 5.25.